The van der Waals surface area contributed by atoms with Crippen LogP contribution in [0, 0.1) is 0 Å². The predicted molar refractivity (Wildman–Crippen MR) is 91.1 cm³/mol. The summed E-state index contributed by atoms with van der Waals surface area (Å²) in [7, 11) is 0. The maximum Gasteiger partial charge on any atom is 0.338 e. The van der Waals surface area contributed by atoms with Crippen molar-refractivity contribution in [1.82, 2.24) is 5.32 Å². The number of benzene rings is 2. The van der Waals surface area contributed by atoms with Crippen LogP contribution in [0.5, 0.6) is 11.5 Å². The second-order valence-corrected chi connectivity index (χ2v) is 5.82. The molecule has 1 aliphatic heterocycles. The van der Waals surface area contributed by atoms with Crippen LogP contribution in [-0.2, 0) is 9.53 Å². The zero-order valence-corrected chi connectivity index (χ0v) is 14.0. The summed E-state index contributed by atoms with van der Waals surface area (Å²) in [6.07, 6.45) is -0.300. The van der Waals surface area contributed by atoms with Gasteiger partial charge in [-0.15, -0.1) is 0 Å². The minimum absolute atomic E-state index is 0.256. The molecule has 1 amide bonds. The van der Waals surface area contributed by atoms with Crippen molar-refractivity contribution in [2.45, 2.75) is 6.10 Å². The third kappa shape index (κ3) is 4.64. The van der Waals surface area contributed by atoms with Crippen LogP contribution < -0.4 is 14.8 Å². The molecule has 0 radical (unpaired) electrons. The van der Waals surface area contributed by atoms with Crippen molar-refractivity contribution in [3.8, 4) is 11.5 Å². The lowest BCUT2D eigenvalue weighted by Crippen LogP contribution is -2.42. The maximum atomic E-state index is 11.8. The van der Waals surface area contributed by atoms with Gasteiger partial charge in [0.15, 0.2) is 18.1 Å². The van der Waals surface area contributed by atoms with E-state index in [4.69, 9.17) is 25.8 Å². The Hall–Kier alpha value is -2.73. The summed E-state index contributed by atoms with van der Waals surface area (Å²) < 4.78 is 16.2. The first kappa shape index (κ1) is 17.1. The molecule has 1 aliphatic rings. The number of fused-ring (bicyclic) bond motifs is 1. The fourth-order valence-corrected chi connectivity index (χ4v) is 2.37. The summed E-state index contributed by atoms with van der Waals surface area (Å²) in [6, 6.07) is 13.6. The van der Waals surface area contributed by atoms with Gasteiger partial charge in [-0.1, -0.05) is 23.7 Å². The highest BCUT2D eigenvalue weighted by atomic mass is 35.5. The normalized spacial score (nSPS) is 15.3. The van der Waals surface area contributed by atoms with E-state index in [1.807, 2.05) is 18.2 Å². The number of esters is 1. The Morgan fingerprint density at radius 3 is 2.60 bits per heavy atom. The molecular weight excluding hydrogens is 346 g/mol. The summed E-state index contributed by atoms with van der Waals surface area (Å²) >= 11 is 5.75. The molecule has 0 aliphatic carbocycles. The lowest BCUT2D eigenvalue weighted by atomic mass is 10.2. The van der Waals surface area contributed by atoms with E-state index in [2.05, 4.69) is 5.32 Å². The molecule has 3 rings (SSSR count). The van der Waals surface area contributed by atoms with Gasteiger partial charge in [0.2, 0.25) is 0 Å². The van der Waals surface area contributed by atoms with Gasteiger partial charge in [0, 0.05) is 5.02 Å². The molecule has 0 saturated carbocycles. The zero-order valence-electron chi connectivity index (χ0n) is 13.2. The molecule has 0 saturated heterocycles. The topological polar surface area (TPSA) is 73.9 Å². The van der Waals surface area contributed by atoms with E-state index < -0.39 is 11.9 Å². The highest BCUT2D eigenvalue weighted by Crippen LogP contribution is 2.30. The predicted octanol–water partition coefficient (Wildman–Crippen LogP) is 2.45. The molecule has 25 heavy (non-hydrogen) atoms. The van der Waals surface area contributed by atoms with Crippen molar-refractivity contribution in [3.05, 3.63) is 59.1 Å². The highest BCUT2D eigenvalue weighted by molar-refractivity contribution is 6.30. The number of carbonyl (C=O) groups is 2. The summed E-state index contributed by atoms with van der Waals surface area (Å²) in [4.78, 5) is 23.6. The van der Waals surface area contributed by atoms with Crippen LogP contribution in [0.3, 0.4) is 0 Å². The SMILES string of the molecule is O=C(COC(=O)c1ccc(Cl)cc1)NC[C@@H]1COc2ccccc2O1. The minimum Gasteiger partial charge on any atom is -0.486 e. The van der Waals surface area contributed by atoms with Crippen molar-refractivity contribution in [3.63, 3.8) is 0 Å². The van der Waals surface area contributed by atoms with Crippen LogP contribution in [0.4, 0.5) is 0 Å². The largest absolute Gasteiger partial charge is 0.486 e. The summed E-state index contributed by atoms with van der Waals surface area (Å²) in [5.41, 5.74) is 0.331. The summed E-state index contributed by atoms with van der Waals surface area (Å²) in [5, 5.41) is 3.18. The van der Waals surface area contributed by atoms with E-state index in [1.54, 1.807) is 18.2 Å². The Morgan fingerprint density at radius 1 is 1.12 bits per heavy atom. The molecule has 7 heteroatoms. The zero-order chi connectivity index (χ0) is 17.6. The summed E-state index contributed by atoms with van der Waals surface area (Å²) in [5.74, 6) is 0.326. The number of hydrogen-bond acceptors (Lipinski definition) is 5. The average Bonchev–Trinajstić information content (AvgIpc) is 2.65. The first-order valence-electron chi connectivity index (χ1n) is 7.69. The van der Waals surface area contributed by atoms with Crippen LogP contribution in [0.25, 0.3) is 0 Å². The third-order valence-corrected chi connectivity index (χ3v) is 3.76. The number of rotatable bonds is 5. The first-order chi connectivity index (χ1) is 12.1. The van der Waals surface area contributed by atoms with E-state index >= 15 is 0 Å². The van der Waals surface area contributed by atoms with Crippen molar-refractivity contribution in [1.29, 1.82) is 0 Å². The Kier molecular flexibility index (Phi) is 5.40. The van der Waals surface area contributed by atoms with E-state index in [9.17, 15) is 9.59 Å². The smallest absolute Gasteiger partial charge is 0.338 e. The molecule has 0 bridgehead atoms. The van der Waals surface area contributed by atoms with Crippen LogP contribution in [0.1, 0.15) is 10.4 Å². The minimum atomic E-state index is -0.585. The molecule has 130 valence electrons. The molecule has 2 aromatic carbocycles. The second-order valence-electron chi connectivity index (χ2n) is 5.38. The van der Waals surface area contributed by atoms with Gasteiger partial charge in [0.05, 0.1) is 12.1 Å². The lowest BCUT2D eigenvalue weighted by molar-refractivity contribution is -0.124. The van der Waals surface area contributed by atoms with E-state index in [0.717, 1.165) is 0 Å². The number of nitrogens with one attached hydrogen (secondary N) is 1. The molecule has 0 unspecified atom stereocenters. The summed E-state index contributed by atoms with van der Waals surface area (Å²) in [6.45, 7) is 0.221. The molecule has 0 spiro atoms. The van der Waals surface area contributed by atoms with Crippen molar-refractivity contribution in [2.24, 2.45) is 0 Å². The fourth-order valence-electron chi connectivity index (χ4n) is 2.24. The maximum absolute atomic E-state index is 11.8. The number of carbonyl (C=O) groups excluding carboxylic acids is 2. The quantitative estimate of drug-likeness (QED) is 0.828. The van der Waals surface area contributed by atoms with Crippen LogP contribution in [0.2, 0.25) is 5.02 Å². The van der Waals surface area contributed by atoms with E-state index in [1.165, 1.54) is 12.1 Å². The van der Waals surface area contributed by atoms with Gasteiger partial charge in [-0.2, -0.15) is 0 Å². The molecule has 6 nitrogen and oxygen atoms in total. The Labute approximate surface area is 149 Å². The fraction of sp³-hybridized carbons (Fsp3) is 0.222. The van der Waals surface area contributed by atoms with Crippen LogP contribution in [-0.4, -0.2) is 37.7 Å². The highest BCUT2D eigenvalue weighted by Gasteiger charge is 2.21. The van der Waals surface area contributed by atoms with Crippen molar-refractivity contribution >= 4 is 23.5 Å². The molecule has 0 fully saturated rings. The van der Waals surface area contributed by atoms with Crippen molar-refractivity contribution in [2.75, 3.05) is 19.8 Å². The molecule has 1 heterocycles. The van der Waals surface area contributed by atoms with Gasteiger partial charge in [-0.3, -0.25) is 4.79 Å². The standard InChI is InChI=1S/C18H16ClNO5/c19-13-7-5-12(6-8-13)18(22)24-11-17(21)20-9-14-10-23-15-3-1-2-4-16(15)25-14/h1-8,14H,9-11H2,(H,20,21)/t14-/m1/s1. The monoisotopic (exact) mass is 361 g/mol. The van der Waals surface area contributed by atoms with Gasteiger partial charge in [0.1, 0.15) is 12.7 Å². The van der Waals surface area contributed by atoms with E-state index in [0.29, 0.717) is 28.7 Å². The molecule has 1 N–H and O–H groups in total. The van der Waals surface area contributed by atoms with Crippen LogP contribution in [0.15, 0.2) is 48.5 Å². The Morgan fingerprint density at radius 2 is 1.84 bits per heavy atom. The molecular formula is C18H16ClNO5. The second kappa shape index (κ2) is 7.90. The van der Waals surface area contributed by atoms with Gasteiger partial charge in [-0.25, -0.2) is 4.79 Å². The Balaban J connectivity index is 1.41. The van der Waals surface area contributed by atoms with E-state index in [-0.39, 0.29) is 19.3 Å². The van der Waals surface area contributed by atoms with Crippen LogP contribution >= 0.6 is 11.6 Å². The number of amides is 1. The van der Waals surface area contributed by atoms with Gasteiger partial charge in [0.25, 0.3) is 5.91 Å². The number of ether oxygens (including phenoxy) is 3. The molecule has 2 aromatic rings. The lowest BCUT2D eigenvalue weighted by Gasteiger charge is -2.26. The van der Waals surface area contributed by atoms with Gasteiger partial charge >= 0.3 is 5.97 Å². The Bertz CT molecular complexity index is 762. The first-order valence-corrected chi connectivity index (χ1v) is 8.07. The number of para-hydroxylation sites is 2. The average molecular weight is 362 g/mol. The van der Waals surface area contributed by atoms with Gasteiger partial charge < -0.3 is 19.5 Å². The number of hydrogen-bond donors (Lipinski definition) is 1. The molecule has 1 atom stereocenters. The van der Waals surface area contributed by atoms with Gasteiger partial charge in [-0.05, 0) is 36.4 Å². The third-order valence-electron chi connectivity index (χ3n) is 3.51. The van der Waals surface area contributed by atoms with Crippen molar-refractivity contribution < 1.29 is 23.8 Å². The number of halogens is 1. The molecule has 0 aromatic heterocycles.